The summed E-state index contributed by atoms with van der Waals surface area (Å²) in [5.74, 6) is -0.258. The molecule has 0 amide bonds. The number of hydrogen-bond acceptors (Lipinski definition) is 4. The van der Waals surface area contributed by atoms with Crippen molar-refractivity contribution in [1.29, 1.82) is 0 Å². The van der Waals surface area contributed by atoms with E-state index >= 15 is 0 Å². The first kappa shape index (κ1) is 19.9. The molecule has 0 saturated carbocycles. The van der Waals surface area contributed by atoms with Gasteiger partial charge in [0, 0.05) is 6.54 Å². The zero-order valence-electron chi connectivity index (χ0n) is 13.5. The van der Waals surface area contributed by atoms with Crippen molar-refractivity contribution in [3.05, 3.63) is 24.3 Å². The largest absolute Gasteiger partial charge is 0.463 e. The van der Waals surface area contributed by atoms with Crippen molar-refractivity contribution in [3.8, 4) is 0 Å². The highest BCUT2D eigenvalue weighted by molar-refractivity contribution is 5.69. The number of rotatable bonds is 13. The van der Waals surface area contributed by atoms with Crippen LogP contribution in [0.3, 0.4) is 0 Å². The lowest BCUT2D eigenvalue weighted by molar-refractivity contribution is -0.146. The second kappa shape index (κ2) is 15.3. The third-order valence-corrected chi connectivity index (χ3v) is 2.81. The smallest absolute Gasteiger partial charge is 0.307 e. The van der Waals surface area contributed by atoms with Crippen LogP contribution in [-0.4, -0.2) is 36.9 Å². The van der Waals surface area contributed by atoms with Gasteiger partial charge in [-0.05, 0) is 45.6 Å². The highest BCUT2D eigenvalue weighted by Crippen LogP contribution is 1.98. The van der Waals surface area contributed by atoms with Crippen LogP contribution in [0.4, 0.5) is 0 Å². The molecule has 0 aromatic rings. The molecule has 0 aromatic carbocycles. The van der Waals surface area contributed by atoms with Crippen LogP contribution in [0.1, 0.15) is 52.4 Å². The molecule has 1 atom stereocenters. The summed E-state index contributed by atoms with van der Waals surface area (Å²) in [6.45, 7) is 5.38. The third-order valence-electron chi connectivity index (χ3n) is 2.81. The van der Waals surface area contributed by atoms with Crippen molar-refractivity contribution in [1.82, 2.24) is 5.32 Å². The van der Waals surface area contributed by atoms with Crippen molar-refractivity contribution in [2.24, 2.45) is 0 Å². The average Bonchev–Trinajstić information content (AvgIpc) is 2.46. The van der Waals surface area contributed by atoms with Gasteiger partial charge >= 0.3 is 5.97 Å². The second-order valence-electron chi connectivity index (χ2n) is 5.11. The first-order valence-electron chi connectivity index (χ1n) is 8.01. The summed E-state index contributed by atoms with van der Waals surface area (Å²) < 4.78 is 4.86. The van der Waals surface area contributed by atoms with Crippen LogP contribution in [0.25, 0.3) is 0 Å². The maximum atomic E-state index is 11.2. The zero-order chi connectivity index (χ0) is 15.8. The van der Waals surface area contributed by atoms with E-state index in [1.807, 2.05) is 0 Å². The SMILES string of the molecule is CC/C=C\C/C=C\CCCCNCCC(=O)OCC(C)O. The van der Waals surface area contributed by atoms with Crippen LogP contribution in [0.15, 0.2) is 24.3 Å². The zero-order valence-corrected chi connectivity index (χ0v) is 13.5. The number of hydrogen-bond donors (Lipinski definition) is 2. The highest BCUT2D eigenvalue weighted by Gasteiger charge is 2.03. The number of esters is 1. The first-order chi connectivity index (χ1) is 10.2. The first-order valence-corrected chi connectivity index (χ1v) is 8.01. The number of carbonyl (C=O) groups excluding carboxylic acids is 1. The lowest BCUT2D eigenvalue weighted by Gasteiger charge is -2.07. The lowest BCUT2D eigenvalue weighted by atomic mass is 10.2. The highest BCUT2D eigenvalue weighted by atomic mass is 16.5. The standard InChI is InChI=1S/C17H31NO3/c1-3-4-5-6-7-8-9-10-11-13-18-14-12-17(20)21-15-16(2)19/h4-5,7-8,16,18-19H,3,6,9-15H2,1-2H3/b5-4-,8-7-. The Morgan fingerprint density at radius 2 is 1.95 bits per heavy atom. The van der Waals surface area contributed by atoms with Gasteiger partial charge < -0.3 is 15.2 Å². The van der Waals surface area contributed by atoms with E-state index in [4.69, 9.17) is 9.84 Å². The number of carbonyl (C=O) groups is 1. The molecule has 0 aliphatic heterocycles. The molecule has 4 nitrogen and oxygen atoms in total. The quantitative estimate of drug-likeness (QED) is 0.312. The summed E-state index contributed by atoms with van der Waals surface area (Å²) in [5.41, 5.74) is 0. The van der Waals surface area contributed by atoms with Crippen molar-refractivity contribution in [2.45, 2.75) is 58.5 Å². The minimum Gasteiger partial charge on any atom is -0.463 e. The Balaban J connectivity index is 3.25. The number of nitrogens with one attached hydrogen (secondary N) is 1. The summed E-state index contributed by atoms with van der Waals surface area (Å²) >= 11 is 0. The monoisotopic (exact) mass is 297 g/mol. The topological polar surface area (TPSA) is 58.6 Å². The fourth-order valence-electron chi connectivity index (χ4n) is 1.67. The van der Waals surface area contributed by atoms with Crippen molar-refractivity contribution < 1.29 is 14.6 Å². The van der Waals surface area contributed by atoms with E-state index in [1.165, 1.54) is 0 Å². The van der Waals surface area contributed by atoms with Gasteiger partial charge in [-0.1, -0.05) is 31.2 Å². The molecule has 1 unspecified atom stereocenters. The van der Waals surface area contributed by atoms with E-state index in [-0.39, 0.29) is 12.6 Å². The van der Waals surface area contributed by atoms with Gasteiger partial charge in [-0.15, -0.1) is 0 Å². The Labute approximate surface area is 129 Å². The summed E-state index contributed by atoms with van der Waals surface area (Å²) in [6, 6.07) is 0. The van der Waals surface area contributed by atoms with E-state index in [0.717, 1.165) is 38.6 Å². The minimum absolute atomic E-state index is 0.0820. The Morgan fingerprint density at radius 1 is 1.19 bits per heavy atom. The number of aliphatic hydroxyl groups is 1. The molecule has 21 heavy (non-hydrogen) atoms. The molecule has 0 heterocycles. The van der Waals surface area contributed by atoms with Crippen LogP contribution >= 0.6 is 0 Å². The van der Waals surface area contributed by atoms with Gasteiger partial charge in [-0.2, -0.15) is 0 Å². The van der Waals surface area contributed by atoms with Gasteiger partial charge in [-0.3, -0.25) is 4.79 Å². The summed E-state index contributed by atoms with van der Waals surface area (Å²) in [6.07, 6.45) is 14.1. The summed E-state index contributed by atoms with van der Waals surface area (Å²) in [7, 11) is 0. The molecular weight excluding hydrogens is 266 g/mol. The van der Waals surface area contributed by atoms with Crippen molar-refractivity contribution in [3.63, 3.8) is 0 Å². The molecule has 0 aliphatic rings. The van der Waals surface area contributed by atoms with Crippen LogP contribution in [0.5, 0.6) is 0 Å². The molecule has 0 fully saturated rings. The van der Waals surface area contributed by atoms with Gasteiger partial charge in [0.25, 0.3) is 0 Å². The molecule has 0 aromatic heterocycles. The predicted octanol–water partition coefficient (Wildman–Crippen LogP) is 2.97. The van der Waals surface area contributed by atoms with Crippen molar-refractivity contribution in [2.75, 3.05) is 19.7 Å². The lowest BCUT2D eigenvalue weighted by Crippen LogP contribution is -2.22. The number of ether oxygens (including phenoxy) is 1. The predicted molar refractivity (Wildman–Crippen MR) is 87.2 cm³/mol. The Morgan fingerprint density at radius 3 is 2.67 bits per heavy atom. The van der Waals surface area contributed by atoms with Crippen LogP contribution in [0, 0.1) is 0 Å². The van der Waals surface area contributed by atoms with Gasteiger partial charge in [0.15, 0.2) is 0 Å². The Bertz CT molecular complexity index is 298. The number of unbranched alkanes of at least 4 members (excludes halogenated alkanes) is 2. The maximum Gasteiger partial charge on any atom is 0.307 e. The molecule has 2 N–H and O–H groups in total. The van der Waals surface area contributed by atoms with Crippen LogP contribution in [0.2, 0.25) is 0 Å². The van der Waals surface area contributed by atoms with Crippen LogP contribution < -0.4 is 5.32 Å². The van der Waals surface area contributed by atoms with E-state index in [9.17, 15) is 4.79 Å². The summed E-state index contributed by atoms with van der Waals surface area (Å²) in [5, 5.41) is 12.2. The maximum absolute atomic E-state index is 11.2. The second-order valence-corrected chi connectivity index (χ2v) is 5.11. The Kier molecular flexibility index (Phi) is 14.4. The normalized spacial score (nSPS) is 13.1. The molecule has 4 heteroatoms. The number of aliphatic hydroxyl groups excluding tert-OH is 1. The molecule has 0 spiro atoms. The van der Waals surface area contributed by atoms with Crippen LogP contribution in [-0.2, 0) is 9.53 Å². The van der Waals surface area contributed by atoms with Gasteiger partial charge in [-0.25, -0.2) is 0 Å². The fraction of sp³-hybridized carbons (Fsp3) is 0.706. The minimum atomic E-state index is -0.590. The molecule has 122 valence electrons. The van der Waals surface area contributed by atoms with E-state index in [0.29, 0.717) is 13.0 Å². The average molecular weight is 297 g/mol. The van der Waals surface area contributed by atoms with Gasteiger partial charge in [0.05, 0.1) is 12.5 Å². The van der Waals surface area contributed by atoms with E-state index in [1.54, 1.807) is 6.92 Å². The number of allylic oxidation sites excluding steroid dienone is 4. The molecule has 0 rings (SSSR count). The third kappa shape index (κ3) is 16.8. The van der Waals surface area contributed by atoms with E-state index in [2.05, 4.69) is 36.5 Å². The molecular formula is C17H31NO3. The van der Waals surface area contributed by atoms with Crippen molar-refractivity contribution >= 4 is 5.97 Å². The Hall–Kier alpha value is -1.13. The molecule has 0 bridgehead atoms. The molecule has 0 aliphatic carbocycles. The molecule has 0 radical (unpaired) electrons. The summed E-state index contributed by atoms with van der Waals surface area (Å²) in [4.78, 5) is 11.2. The van der Waals surface area contributed by atoms with Gasteiger partial charge in [0.2, 0.25) is 0 Å². The van der Waals surface area contributed by atoms with E-state index < -0.39 is 6.10 Å². The fourth-order valence-corrected chi connectivity index (χ4v) is 1.67. The van der Waals surface area contributed by atoms with Gasteiger partial charge in [0.1, 0.15) is 6.61 Å². The molecule has 0 saturated heterocycles.